The first-order valence-electron chi connectivity index (χ1n) is 13.3. The Balaban J connectivity index is 1.77. The van der Waals surface area contributed by atoms with E-state index in [1.165, 1.54) is 26.5 Å². The molecule has 0 saturated carbocycles. The van der Waals surface area contributed by atoms with Gasteiger partial charge in [0, 0.05) is 34.4 Å². The number of nitrogens with one attached hydrogen (secondary N) is 3. The zero-order valence-corrected chi connectivity index (χ0v) is 24.0. The molecule has 3 rings (SSSR count). The number of hydrogen-bond donors (Lipinski definition) is 3. The summed E-state index contributed by atoms with van der Waals surface area (Å²) < 4.78 is 1.47. The molecule has 1 atom stereocenters. The van der Waals surface area contributed by atoms with Crippen molar-refractivity contribution in [3.8, 4) is 0 Å². The van der Waals surface area contributed by atoms with Gasteiger partial charge in [0.2, 0.25) is 11.8 Å². The number of hydrogen-bond acceptors (Lipinski definition) is 5. The fraction of sp³-hybridized carbons (Fsp3) is 0.414. The molecule has 4 amide bonds. The third-order valence-corrected chi connectivity index (χ3v) is 6.22. The molecule has 0 saturated heterocycles. The third-order valence-electron chi connectivity index (χ3n) is 6.22. The lowest BCUT2D eigenvalue weighted by Crippen LogP contribution is -2.48. The van der Waals surface area contributed by atoms with Crippen molar-refractivity contribution < 1.29 is 14.4 Å². The molecule has 214 valence electrons. The second kappa shape index (κ2) is 13.6. The number of nitrogens with zero attached hydrogens (tertiary/aromatic N) is 4. The van der Waals surface area contributed by atoms with Crippen molar-refractivity contribution in [1.82, 2.24) is 29.7 Å². The molecule has 11 heteroatoms. The zero-order chi connectivity index (χ0) is 29.4. The minimum atomic E-state index is -0.920. The minimum Gasteiger partial charge on any atom is -0.345 e. The molecule has 11 nitrogen and oxygen atoms in total. The molecule has 40 heavy (non-hydrogen) atoms. The zero-order valence-electron chi connectivity index (χ0n) is 24.0. The molecule has 0 bridgehead atoms. The number of urea groups is 1. The summed E-state index contributed by atoms with van der Waals surface area (Å²) in [5, 5.41) is 5.35. The number of allylic oxidation sites excluding steroid dienone is 1. The van der Waals surface area contributed by atoms with Crippen LogP contribution in [-0.2, 0) is 22.6 Å². The Bertz CT molecular complexity index is 1440. The number of fused-ring (bicyclic) bond motifs is 1. The fourth-order valence-corrected chi connectivity index (χ4v) is 4.10. The maximum Gasteiger partial charge on any atom is 0.317 e. The topological polar surface area (TPSA) is 132 Å². The van der Waals surface area contributed by atoms with Crippen molar-refractivity contribution in [3.05, 3.63) is 70.4 Å². The highest BCUT2D eigenvalue weighted by molar-refractivity contribution is 5.96. The van der Waals surface area contributed by atoms with E-state index >= 15 is 0 Å². The molecule has 0 fully saturated rings. The molecule has 2 heterocycles. The molecule has 3 N–H and O–H groups in total. The highest BCUT2D eigenvalue weighted by Gasteiger charge is 2.22. The van der Waals surface area contributed by atoms with Crippen LogP contribution in [0.4, 0.5) is 10.5 Å². The molecule has 3 aromatic rings. The first-order valence-corrected chi connectivity index (χ1v) is 13.3. The summed E-state index contributed by atoms with van der Waals surface area (Å²) in [6, 6.07) is 7.85. The van der Waals surface area contributed by atoms with Gasteiger partial charge in [0.05, 0.1) is 17.6 Å². The van der Waals surface area contributed by atoms with Crippen molar-refractivity contribution in [2.75, 3.05) is 33.5 Å². The van der Waals surface area contributed by atoms with E-state index < -0.39 is 23.5 Å². The van der Waals surface area contributed by atoms with Gasteiger partial charge in [0.1, 0.15) is 17.6 Å². The predicted octanol–water partition coefficient (Wildman–Crippen LogP) is 2.97. The van der Waals surface area contributed by atoms with Crippen molar-refractivity contribution in [1.29, 1.82) is 0 Å². The molecular weight excluding hydrogens is 510 g/mol. The standard InChI is InChI=1S/C29H39N7O4/c1-19(2)17-20-11-9-13-21-26(20)33-24(30-21)18-36-16-10-14-23(28(36)39)31-27(38)22(32-29(40)35(5)6)12-7-8-15-25(37)34(3)4/h8-11,13-16,19,22H,7,12,17-18H2,1-6H3,(H,30,33)(H,31,38)(H,32,40)/b15-8+/t22-/m0/s1. The van der Waals surface area contributed by atoms with Crippen LogP contribution in [0.25, 0.3) is 11.0 Å². The summed E-state index contributed by atoms with van der Waals surface area (Å²) >= 11 is 0. The average molecular weight is 550 g/mol. The number of aromatic amines is 1. The highest BCUT2D eigenvalue weighted by Crippen LogP contribution is 2.20. The summed E-state index contributed by atoms with van der Waals surface area (Å²) in [5.74, 6) is 0.409. The smallest absolute Gasteiger partial charge is 0.317 e. The van der Waals surface area contributed by atoms with Gasteiger partial charge in [-0.2, -0.15) is 0 Å². The number of para-hydroxylation sites is 1. The van der Waals surface area contributed by atoms with Crippen LogP contribution in [-0.4, -0.2) is 76.4 Å². The highest BCUT2D eigenvalue weighted by atomic mass is 16.2. The van der Waals surface area contributed by atoms with Crippen LogP contribution in [0.2, 0.25) is 0 Å². The van der Waals surface area contributed by atoms with E-state index in [0.29, 0.717) is 18.2 Å². The monoisotopic (exact) mass is 549 g/mol. The molecule has 0 aliphatic rings. The summed E-state index contributed by atoms with van der Waals surface area (Å²) in [4.78, 5) is 61.3. The average Bonchev–Trinajstić information content (AvgIpc) is 3.31. The quantitative estimate of drug-likeness (QED) is 0.317. The van der Waals surface area contributed by atoms with Gasteiger partial charge in [-0.1, -0.05) is 32.1 Å². The maximum atomic E-state index is 13.2. The van der Waals surface area contributed by atoms with Gasteiger partial charge in [-0.15, -0.1) is 0 Å². The minimum absolute atomic E-state index is 0.0894. The Morgan fingerprint density at radius 2 is 1.82 bits per heavy atom. The number of anilines is 1. The normalized spacial score (nSPS) is 12.1. The Morgan fingerprint density at radius 3 is 2.50 bits per heavy atom. The number of aromatic nitrogens is 3. The lowest BCUT2D eigenvalue weighted by Gasteiger charge is -2.20. The van der Waals surface area contributed by atoms with E-state index in [0.717, 1.165) is 23.0 Å². The van der Waals surface area contributed by atoms with Crippen LogP contribution in [0, 0.1) is 5.92 Å². The largest absolute Gasteiger partial charge is 0.345 e. The first kappa shape index (κ1) is 30.1. The molecule has 0 aliphatic carbocycles. The number of pyridine rings is 1. The molecule has 0 spiro atoms. The van der Waals surface area contributed by atoms with Crippen LogP contribution < -0.4 is 16.2 Å². The lowest BCUT2D eigenvalue weighted by molar-refractivity contribution is -0.123. The number of amides is 4. The first-order chi connectivity index (χ1) is 19.0. The van der Waals surface area contributed by atoms with Crippen molar-refractivity contribution in [3.63, 3.8) is 0 Å². The van der Waals surface area contributed by atoms with Crippen LogP contribution in [0.1, 0.15) is 38.1 Å². The van der Waals surface area contributed by atoms with Crippen LogP contribution in [0.3, 0.4) is 0 Å². The Hall–Kier alpha value is -4.41. The second-order valence-electron chi connectivity index (χ2n) is 10.5. The summed E-state index contributed by atoms with van der Waals surface area (Å²) in [7, 11) is 6.43. The van der Waals surface area contributed by atoms with E-state index in [1.807, 2.05) is 12.1 Å². The van der Waals surface area contributed by atoms with Gasteiger partial charge < -0.3 is 30.0 Å². The third kappa shape index (κ3) is 8.05. The van der Waals surface area contributed by atoms with E-state index in [4.69, 9.17) is 4.98 Å². The SMILES string of the molecule is CC(C)Cc1cccc2[nH]c(Cn3cccc(NC(=O)[C@H](CC/C=C/C(=O)N(C)C)NC(=O)N(C)C)c3=O)nc12. The van der Waals surface area contributed by atoms with Crippen LogP contribution in [0.15, 0.2) is 53.5 Å². The Kier molecular flexibility index (Phi) is 10.2. The lowest BCUT2D eigenvalue weighted by atomic mass is 10.0. The Labute approximate surface area is 234 Å². The van der Waals surface area contributed by atoms with Crippen molar-refractivity contribution in [2.24, 2.45) is 5.92 Å². The predicted molar refractivity (Wildman–Crippen MR) is 156 cm³/mol. The van der Waals surface area contributed by atoms with Crippen molar-refractivity contribution >= 4 is 34.6 Å². The molecule has 2 aromatic heterocycles. The van der Waals surface area contributed by atoms with Gasteiger partial charge in [-0.25, -0.2) is 9.78 Å². The number of H-pyrrole nitrogens is 1. The van der Waals surface area contributed by atoms with Gasteiger partial charge >= 0.3 is 6.03 Å². The number of imidazole rings is 1. The van der Waals surface area contributed by atoms with Crippen LogP contribution in [0.5, 0.6) is 0 Å². The van der Waals surface area contributed by atoms with E-state index in [-0.39, 0.29) is 24.6 Å². The summed E-state index contributed by atoms with van der Waals surface area (Å²) in [6.45, 7) is 4.51. The molecule has 0 aliphatic heterocycles. The van der Waals surface area contributed by atoms with Crippen LogP contribution >= 0.6 is 0 Å². The molecule has 0 radical (unpaired) electrons. The second-order valence-corrected chi connectivity index (χ2v) is 10.5. The van der Waals surface area contributed by atoms with E-state index in [2.05, 4.69) is 35.5 Å². The number of rotatable bonds is 11. The number of likely N-dealkylation sites (N-methyl/N-ethyl adjacent to an activating group) is 1. The summed E-state index contributed by atoms with van der Waals surface area (Å²) in [5.41, 5.74) is 2.64. The summed E-state index contributed by atoms with van der Waals surface area (Å²) in [6.07, 6.45) is 6.22. The Morgan fingerprint density at radius 1 is 1.07 bits per heavy atom. The number of carbonyl (C=O) groups excluding carboxylic acids is 3. The van der Waals surface area contributed by atoms with Gasteiger partial charge in [0.15, 0.2) is 0 Å². The van der Waals surface area contributed by atoms with Gasteiger partial charge in [-0.05, 0) is 55.0 Å². The molecule has 1 aromatic carbocycles. The fourth-order valence-electron chi connectivity index (χ4n) is 4.10. The maximum absolute atomic E-state index is 13.2. The number of carbonyl (C=O) groups is 3. The molecular formula is C29H39N7O4. The van der Waals surface area contributed by atoms with E-state index in [1.54, 1.807) is 46.5 Å². The van der Waals surface area contributed by atoms with Crippen molar-refractivity contribution in [2.45, 2.75) is 45.7 Å². The number of benzene rings is 1. The molecule has 0 unspecified atom stereocenters. The van der Waals surface area contributed by atoms with Gasteiger partial charge in [-0.3, -0.25) is 14.4 Å². The van der Waals surface area contributed by atoms with Gasteiger partial charge in [0.25, 0.3) is 5.56 Å². The van der Waals surface area contributed by atoms with E-state index in [9.17, 15) is 19.2 Å².